The van der Waals surface area contributed by atoms with Gasteiger partial charge in [0.15, 0.2) is 0 Å². The zero-order valence-electron chi connectivity index (χ0n) is 16.8. The molecule has 2 aliphatic rings. The van der Waals surface area contributed by atoms with Crippen molar-refractivity contribution in [1.29, 1.82) is 0 Å². The highest BCUT2D eigenvalue weighted by Gasteiger charge is 2.48. The van der Waals surface area contributed by atoms with Gasteiger partial charge in [0.05, 0.1) is 29.3 Å². The van der Waals surface area contributed by atoms with E-state index in [1.54, 1.807) is 17.2 Å². The molecule has 1 N–H and O–H groups in total. The summed E-state index contributed by atoms with van der Waals surface area (Å²) in [5, 5.41) is 4.29. The zero-order chi connectivity index (χ0) is 19.9. The van der Waals surface area contributed by atoms with Gasteiger partial charge in [0.25, 0.3) is 5.91 Å². The fourth-order valence-corrected chi connectivity index (χ4v) is 4.53. The maximum atomic E-state index is 12.9. The molecule has 8 nitrogen and oxygen atoms in total. The number of hydrogen-bond donors (Lipinski definition) is 1. The summed E-state index contributed by atoms with van der Waals surface area (Å²) in [5.41, 5.74) is 2.33. The summed E-state index contributed by atoms with van der Waals surface area (Å²) < 4.78 is 1.80. The molecule has 0 bridgehead atoms. The first-order valence-electron chi connectivity index (χ1n) is 10.1. The number of fused-ring (bicyclic) bond motifs is 2. The van der Waals surface area contributed by atoms with E-state index in [4.69, 9.17) is 0 Å². The summed E-state index contributed by atoms with van der Waals surface area (Å²) >= 11 is 0. The van der Waals surface area contributed by atoms with Crippen LogP contribution in [0.3, 0.4) is 0 Å². The topological polar surface area (TPSA) is 87.1 Å². The highest BCUT2D eigenvalue weighted by Crippen LogP contribution is 2.42. The van der Waals surface area contributed by atoms with Crippen LogP contribution in [0, 0.1) is 0 Å². The molecule has 0 saturated carbocycles. The van der Waals surface area contributed by atoms with Gasteiger partial charge in [0, 0.05) is 50.4 Å². The Hall–Kier alpha value is -2.64. The van der Waals surface area contributed by atoms with Gasteiger partial charge in [0.1, 0.15) is 0 Å². The average molecular weight is 384 g/mol. The van der Waals surface area contributed by atoms with Gasteiger partial charge in [-0.3, -0.25) is 14.3 Å². The summed E-state index contributed by atoms with van der Waals surface area (Å²) in [6.45, 7) is 7.89. The van der Waals surface area contributed by atoms with Crippen molar-refractivity contribution in [3.63, 3.8) is 0 Å². The fraction of sp³-hybridized carbons (Fsp3) is 0.600. The van der Waals surface area contributed by atoms with Gasteiger partial charge in [-0.2, -0.15) is 5.10 Å². The minimum atomic E-state index is -0.403. The van der Waals surface area contributed by atoms with Gasteiger partial charge < -0.3 is 14.8 Å². The van der Waals surface area contributed by atoms with E-state index in [1.165, 1.54) is 0 Å². The lowest BCUT2D eigenvalue weighted by atomic mass is 9.78. The Labute approximate surface area is 164 Å². The van der Waals surface area contributed by atoms with E-state index in [1.807, 2.05) is 36.8 Å². The molecule has 4 heterocycles. The van der Waals surface area contributed by atoms with Crippen LogP contribution in [0.4, 0.5) is 0 Å². The Morgan fingerprint density at radius 3 is 2.64 bits per heavy atom. The first kappa shape index (κ1) is 18.7. The van der Waals surface area contributed by atoms with Crippen LogP contribution in [0.15, 0.2) is 18.7 Å². The molecule has 150 valence electrons. The number of carbonyl (C=O) groups excluding carboxylic acids is 2. The van der Waals surface area contributed by atoms with Crippen LogP contribution in [-0.4, -0.2) is 61.0 Å². The predicted octanol–water partition coefficient (Wildman–Crippen LogP) is 2.11. The molecule has 2 aromatic heterocycles. The van der Waals surface area contributed by atoms with Crippen LogP contribution >= 0.6 is 0 Å². The van der Waals surface area contributed by atoms with E-state index in [0.717, 1.165) is 17.8 Å². The number of nitrogens with zero attached hydrogens (tertiary/aromatic N) is 5. The van der Waals surface area contributed by atoms with Crippen molar-refractivity contribution in [3.8, 4) is 0 Å². The van der Waals surface area contributed by atoms with Gasteiger partial charge in [0.2, 0.25) is 5.91 Å². The molecule has 28 heavy (non-hydrogen) atoms. The number of rotatable bonds is 3. The Morgan fingerprint density at radius 1 is 1.25 bits per heavy atom. The normalized spacial score (nSPS) is 18.6. The van der Waals surface area contributed by atoms with Crippen LogP contribution in [-0.2, 0) is 16.8 Å². The van der Waals surface area contributed by atoms with Gasteiger partial charge in [-0.1, -0.05) is 6.92 Å². The number of imidazole rings is 1. The first-order valence-corrected chi connectivity index (χ1v) is 10.1. The van der Waals surface area contributed by atoms with E-state index in [0.29, 0.717) is 44.5 Å². The Bertz CT molecular complexity index is 875. The van der Waals surface area contributed by atoms with Crippen LogP contribution in [0.2, 0.25) is 0 Å². The van der Waals surface area contributed by atoms with E-state index in [9.17, 15) is 9.59 Å². The molecule has 1 fully saturated rings. The maximum absolute atomic E-state index is 12.9. The van der Waals surface area contributed by atoms with Gasteiger partial charge >= 0.3 is 0 Å². The number of hydrogen-bond acceptors (Lipinski definition) is 4. The van der Waals surface area contributed by atoms with Crippen molar-refractivity contribution in [1.82, 2.24) is 29.5 Å². The molecule has 2 aliphatic heterocycles. The molecule has 8 heteroatoms. The Balaban J connectivity index is 1.56. The molecule has 0 radical (unpaired) electrons. The van der Waals surface area contributed by atoms with Gasteiger partial charge in [-0.15, -0.1) is 0 Å². The third kappa shape index (κ3) is 2.91. The average Bonchev–Trinajstić information content (AvgIpc) is 3.38. The maximum Gasteiger partial charge on any atom is 0.257 e. The Morgan fingerprint density at radius 2 is 2.00 bits per heavy atom. The number of nitrogens with one attached hydrogen (secondary N) is 1. The number of H-pyrrole nitrogens is 1. The quantitative estimate of drug-likeness (QED) is 0.878. The molecule has 0 aromatic carbocycles. The predicted molar refractivity (Wildman–Crippen MR) is 104 cm³/mol. The van der Waals surface area contributed by atoms with Crippen molar-refractivity contribution in [2.24, 2.45) is 0 Å². The standard InChI is InChI=1S/C20H28N6O2/c1-4-17(27)25-8-5-16-18(22-13-21-16)20(25)6-9-24(10-7-20)19(28)15-11-23-26(12-15)14(2)3/h11-14H,4-10H2,1-3H3,(H,21,22). The van der Waals surface area contributed by atoms with Crippen LogP contribution in [0.25, 0.3) is 0 Å². The monoisotopic (exact) mass is 384 g/mol. The fourth-order valence-electron chi connectivity index (χ4n) is 4.53. The second kappa shape index (κ2) is 7.07. The molecule has 2 amide bonds. The third-order valence-electron chi connectivity index (χ3n) is 6.12. The number of piperidine rings is 1. The van der Waals surface area contributed by atoms with Crippen LogP contribution in [0.1, 0.15) is 67.8 Å². The van der Waals surface area contributed by atoms with E-state index < -0.39 is 5.54 Å². The zero-order valence-corrected chi connectivity index (χ0v) is 16.8. The molecular weight excluding hydrogens is 356 g/mol. The first-order chi connectivity index (χ1) is 13.5. The number of aromatic nitrogens is 4. The molecule has 1 spiro atoms. The lowest BCUT2D eigenvalue weighted by Crippen LogP contribution is -2.58. The summed E-state index contributed by atoms with van der Waals surface area (Å²) in [5.74, 6) is 0.166. The van der Waals surface area contributed by atoms with Crippen molar-refractivity contribution in [3.05, 3.63) is 35.7 Å². The molecular formula is C20H28N6O2. The minimum Gasteiger partial charge on any atom is -0.348 e. The lowest BCUT2D eigenvalue weighted by molar-refractivity contribution is -0.141. The minimum absolute atomic E-state index is 0.00757. The van der Waals surface area contributed by atoms with Gasteiger partial charge in [-0.05, 0) is 26.7 Å². The largest absolute Gasteiger partial charge is 0.348 e. The molecule has 1 saturated heterocycles. The Kier molecular flexibility index (Phi) is 4.72. The third-order valence-corrected chi connectivity index (χ3v) is 6.12. The highest BCUT2D eigenvalue weighted by molar-refractivity contribution is 5.93. The van der Waals surface area contributed by atoms with Crippen molar-refractivity contribution >= 4 is 11.8 Å². The lowest BCUT2D eigenvalue weighted by Gasteiger charge is -2.50. The number of carbonyl (C=O) groups is 2. The number of amides is 2. The van der Waals surface area contributed by atoms with E-state index >= 15 is 0 Å². The summed E-state index contributed by atoms with van der Waals surface area (Å²) in [4.78, 5) is 37.3. The van der Waals surface area contributed by atoms with Gasteiger partial charge in [-0.25, -0.2) is 4.98 Å². The van der Waals surface area contributed by atoms with Crippen LogP contribution in [0.5, 0.6) is 0 Å². The summed E-state index contributed by atoms with van der Waals surface area (Å²) in [7, 11) is 0. The number of likely N-dealkylation sites (tertiary alicyclic amines) is 1. The van der Waals surface area contributed by atoms with E-state index in [-0.39, 0.29) is 17.9 Å². The summed E-state index contributed by atoms with van der Waals surface area (Å²) in [6, 6.07) is 0.222. The second-order valence-corrected chi connectivity index (χ2v) is 8.01. The summed E-state index contributed by atoms with van der Waals surface area (Å²) in [6.07, 6.45) is 7.90. The number of aromatic amines is 1. The van der Waals surface area contributed by atoms with Crippen LogP contribution < -0.4 is 0 Å². The second-order valence-electron chi connectivity index (χ2n) is 8.01. The highest BCUT2D eigenvalue weighted by atomic mass is 16.2. The SMILES string of the molecule is CCC(=O)N1CCc2[nH]cnc2C12CCN(C(=O)c1cnn(C(C)C)c1)CC2. The molecule has 4 rings (SSSR count). The molecule has 0 unspecified atom stereocenters. The smallest absolute Gasteiger partial charge is 0.257 e. The molecule has 0 aliphatic carbocycles. The van der Waals surface area contributed by atoms with Crippen molar-refractivity contribution in [2.45, 2.75) is 58.0 Å². The molecule has 2 aromatic rings. The van der Waals surface area contributed by atoms with E-state index in [2.05, 4.69) is 15.1 Å². The van der Waals surface area contributed by atoms with Crippen molar-refractivity contribution < 1.29 is 9.59 Å². The molecule has 0 atom stereocenters. The van der Waals surface area contributed by atoms with Crippen molar-refractivity contribution in [2.75, 3.05) is 19.6 Å².